The number of carbonyl (C=O) groups excluding carboxylic acids is 1. The van der Waals surface area contributed by atoms with E-state index in [1.807, 2.05) is 0 Å². The van der Waals surface area contributed by atoms with E-state index in [0.717, 1.165) is 17.8 Å². The van der Waals surface area contributed by atoms with Crippen LogP contribution in [0.3, 0.4) is 0 Å². The van der Waals surface area contributed by atoms with Gasteiger partial charge in [-0.25, -0.2) is 0 Å². The molecule has 0 aliphatic heterocycles. The van der Waals surface area contributed by atoms with E-state index in [4.69, 9.17) is 5.73 Å². The smallest absolute Gasteiger partial charge is 0.220 e. The second-order valence-corrected chi connectivity index (χ2v) is 7.29. The van der Waals surface area contributed by atoms with Crippen LogP contribution in [0.25, 0.3) is 0 Å². The summed E-state index contributed by atoms with van der Waals surface area (Å²) in [4.78, 5) is 12.1. The molecule has 4 fully saturated rings. The molecule has 0 heterocycles. The summed E-state index contributed by atoms with van der Waals surface area (Å²) in [5, 5.41) is 3.40. The molecule has 3 N–H and O–H groups in total. The van der Waals surface area contributed by atoms with Crippen LogP contribution in [0.2, 0.25) is 0 Å². The van der Waals surface area contributed by atoms with E-state index in [0.29, 0.717) is 18.9 Å². The standard InChI is InChI=1S/C15H26N2O/c1-10(9-16)2-14(18)17-15-6-11-3-12(7-15)5-13(4-11)8-15/h10-13H,2-9,16H2,1H3,(H,17,18). The fraction of sp³-hybridized carbons (Fsp3) is 0.933. The molecule has 0 radical (unpaired) electrons. The van der Waals surface area contributed by atoms with Gasteiger partial charge < -0.3 is 11.1 Å². The first-order chi connectivity index (χ1) is 8.58. The molecule has 0 aromatic heterocycles. The number of carbonyl (C=O) groups is 1. The number of nitrogens with one attached hydrogen (secondary N) is 1. The van der Waals surface area contributed by atoms with E-state index >= 15 is 0 Å². The van der Waals surface area contributed by atoms with E-state index in [1.165, 1.54) is 38.5 Å². The molecule has 3 nitrogen and oxygen atoms in total. The monoisotopic (exact) mass is 250 g/mol. The SMILES string of the molecule is CC(CN)CC(=O)NC12CC3CC(CC(C3)C1)C2. The molecule has 4 rings (SSSR count). The maximum absolute atomic E-state index is 12.1. The van der Waals surface area contributed by atoms with Crippen molar-refractivity contribution in [3.63, 3.8) is 0 Å². The molecule has 4 bridgehead atoms. The highest BCUT2D eigenvalue weighted by atomic mass is 16.1. The Morgan fingerprint density at radius 1 is 1.22 bits per heavy atom. The van der Waals surface area contributed by atoms with Gasteiger partial charge in [-0.15, -0.1) is 0 Å². The summed E-state index contributed by atoms with van der Waals surface area (Å²) in [5.41, 5.74) is 5.77. The van der Waals surface area contributed by atoms with Gasteiger partial charge >= 0.3 is 0 Å². The minimum atomic E-state index is 0.167. The second kappa shape index (κ2) is 4.52. The minimum Gasteiger partial charge on any atom is -0.351 e. The van der Waals surface area contributed by atoms with E-state index in [-0.39, 0.29) is 11.4 Å². The fourth-order valence-corrected chi connectivity index (χ4v) is 5.01. The highest BCUT2D eigenvalue weighted by Gasteiger charge is 2.51. The molecule has 0 saturated heterocycles. The van der Waals surface area contributed by atoms with Crippen LogP contribution in [0.5, 0.6) is 0 Å². The van der Waals surface area contributed by atoms with Gasteiger partial charge in [0.15, 0.2) is 0 Å². The molecule has 0 aromatic rings. The molecule has 0 aromatic carbocycles. The lowest BCUT2D eigenvalue weighted by atomic mass is 9.53. The van der Waals surface area contributed by atoms with Gasteiger partial charge in [-0.1, -0.05) is 6.92 Å². The third kappa shape index (κ3) is 2.29. The Kier molecular flexibility index (Phi) is 3.13. The predicted octanol–water partition coefficient (Wildman–Crippen LogP) is 2.06. The lowest BCUT2D eigenvalue weighted by Gasteiger charge is -2.57. The van der Waals surface area contributed by atoms with Gasteiger partial charge in [-0.3, -0.25) is 4.79 Å². The zero-order valence-electron chi connectivity index (χ0n) is 11.5. The summed E-state index contributed by atoms with van der Waals surface area (Å²) in [7, 11) is 0. The average molecular weight is 250 g/mol. The molecular formula is C15H26N2O. The first-order valence-corrected chi connectivity index (χ1v) is 7.59. The topological polar surface area (TPSA) is 55.1 Å². The zero-order chi connectivity index (χ0) is 12.8. The van der Waals surface area contributed by atoms with Crippen LogP contribution in [0.1, 0.15) is 51.9 Å². The molecule has 1 atom stereocenters. The van der Waals surface area contributed by atoms with Gasteiger partial charge in [-0.05, 0) is 68.7 Å². The summed E-state index contributed by atoms with van der Waals surface area (Å²) in [6.07, 6.45) is 8.58. The molecule has 102 valence electrons. The van der Waals surface area contributed by atoms with Crippen LogP contribution < -0.4 is 11.1 Å². The van der Waals surface area contributed by atoms with Gasteiger partial charge in [0.2, 0.25) is 5.91 Å². The van der Waals surface area contributed by atoms with Gasteiger partial charge in [0.05, 0.1) is 0 Å². The Hall–Kier alpha value is -0.570. The van der Waals surface area contributed by atoms with Gasteiger partial charge in [-0.2, -0.15) is 0 Å². The van der Waals surface area contributed by atoms with E-state index in [9.17, 15) is 4.79 Å². The summed E-state index contributed by atoms with van der Waals surface area (Å²) in [5.74, 6) is 3.21. The van der Waals surface area contributed by atoms with Crippen molar-refractivity contribution in [3.05, 3.63) is 0 Å². The van der Waals surface area contributed by atoms with Crippen molar-refractivity contribution in [2.24, 2.45) is 29.4 Å². The van der Waals surface area contributed by atoms with Crippen LogP contribution >= 0.6 is 0 Å². The van der Waals surface area contributed by atoms with E-state index < -0.39 is 0 Å². The molecule has 1 unspecified atom stereocenters. The van der Waals surface area contributed by atoms with Crippen LogP contribution in [0.4, 0.5) is 0 Å². The molecule has 4 aliphatic carbocycles. The lowest BCUT2D eigenvalue weighted by molar-refractivity contribution is -0.127. The Morgan fingerprint density at radius 3 is 2.17 bits per heavy atom. The van der Waals surface area contributed by atoms with Crippen molar-refractivity contribution < 1.29 is 4.79 Å². The largest absolute Gasteiger partial charge is 0.351 e. The van der Waals surface area contributed by atoms with Crippen LogP contribution in [-0.2, 0) is 4.79 Å². The molecule has 0 spiro atoms. The third-order valence-electron chi connectivity index (χ3n) is 5.38. The second-order valence-electron chi connectivity index (χ2n) is 7.29. The number of hydrogen-bond acceptors (Lipinski definition) is 2. The summed E-state index contributed by atoms with van der Waals surface area (Å²) >= 11 is 0. The Bertz CT molecular complexity index is 304. The van der Waals surface area contributed by atoms with Gasteiger partial charge in [0, 0.05) is 12.0 Å². The highest BCUT2D eigenvalue weighted by molar-refractivity contribution is 5.77. The number of nitrogens with two attached hydrogens (primary N) is 1. The first-order valence-electron chi connectivity index (χ1n) is 7.59. The van der Waals surface area contributed by atoms with Crippen molar-refractivity contribution in [2.75, 3.05) is 6.54 Å². The van der Waals surface area contributed by atoms with Gasteiger partial charge in [0.1, 0.15) is 0 Å². The maximum atomic E-state index is 12.1. The van der Waals surface area contributed by atoms with E-state index in [1.54, 1.807) is 0 Å². The van der Waals surface area contributed by atoms with Crippen LogP contribution in [-0.4, -0.2) is 18.0 Å². The van der Waals surface area contributed by atoms with Crippen molar-refractivity contribution >= 4 is 5.91 Å². The summed E-state index contributed by atoms with van der Waals surface area (Å²) in [6.45, 7) is 2.66. The molecule has 1 amide bonds. The zero-order valence-corrected chi connectivity index (χ0v) is 11.5. The molecule has 4 saturated carbocycles. The maximum Gasteiger partial charge on any atom is 0.220 e. The quantitative estimate of drug-likeness (QED) is 0.802. The Labute approximate surface area is 110 Å². The van der Waals surface area contributed by atoms with Crippen molar-refractivity contribution in [2.45, 2.75) is 57.4 Å². The summed E-state index contributed by atoms with van der Waals surface area (Å²) in [6, 6.07) is 0. The van der Waals surface area contributed by atoms with Crippen LogP contribution in [0.15, 0.2) is 0 Å². The highest BCUT2D eigenvalue weighted by Crippen LogP contribution is 2.55. The number of hydrogen-bond donors (Lipinski definition) is 2. The Morgan fingerprint density at radius 2 is 1.72 bits per heavy atom. The van der Waals surface area contributed by atoms with E-state index in [2.05, 4.69) is 12.2 Å². The third-order valence-corrected chi connectivity index (χ3v) is 5.38. The summed E-state index contributed by atoms with van der Waals surface area (Å²) < 4.78 is 0. The van der Waals surface area contributed by atoms with Crippen LogP contribution in [0, 0.1) is 23.7 Å². The normalized spacial score (nSPS) is 42.9. The van der Waals surface area contributed by atoms with Gasteiger partial charge in [0.25, 0.3) is 0 Å². The molecule has 4 aliphatic rings. The molecular weight excluding hydrogens is 224 g/mol. The fourth-order valence-electron chi connectivity index (χ4n) is 5.01. The average Bonchev–Trinajstić information content (AvgIpc) is 2.25. The number of amides is 1. The predicted molar refractivity (Wildman–Crippen MR) is 71.9 cm³/mol. The minimum absolute atomic E-state index is 0.167. The first kappa shape index (κ1) is 12.5. The van der Waals surface area contributed by atoms with Crippen molar-refractivity contribution in [3.8, 4) is 0 Å². The Balaban J connectivity index is 1.63. The molecule has 3 heteroatoms. The lowest BCUT2D eigenvalue weighted by Crippen LogP contribution is -2.60. The molecule has 18 heavy (non-hydrogen) atoms. The van der Waals surface area contributed by atoms with Crippen molar-refractivity contribution in [1.29, 1.82) is 0 Å². The number of rotatable bonds is 4. The van der Waals surface area contributed by atoms with Crippen molar-refractivity contribution in [1.82, 2.24) is 5.32 Å².